The quantitative estimate of drug-likeness (QED) is 0.719. The second kappa shape index (κ2) is 7.92. The summed E-state index contributed by atoms with van der Waals surface area (Å²) < 4.78 is 0. The molecule has 0 aromatic carbocycles. The lowest BCUT2D eigenvalue weighted by molar-refractivity contribution is -0.139. The molecule has 0 aromatic heterocycles. The average molecular weight is 244 g/mol. The zero-order chi connectivity index (χ0) is 13.4. The number of carbonyl (C=O) groups is 2. The molecule has 1 atom stereocenters. The third-order valence-corrected chi connectivity index (χ3v) is 2.50. The van der Waals surface area contributed by atoms with Gasteiger partial charge in [-0.05, 0) is 18.8 Å². The first-order valence-corrected chi connectivity index (χ1v) is 6.12. The van der Waals surface area contributed by atoms with E-state index in [-0.39, 0.29) is 11.9 Å². The number of carboxylic acids is 1. The highest BCUT2D eigenvalue weighted by Gasteiger charge is 2.22. The predicted molar refractivity (Wildman–Crippen MR) is 66.9 cm³/mol. The summed E-state index contributed by atoms with van der Waals surface area (Å²) in [5, 5.41) is 11.5. The maximum Gasteiger partial charge on any atom is 0.326 e. The molecule has 1 unspecified atom stereocenters. The van der Waals surface area contributed by atoms with Crippen LogP contribution >= 0.6 is 0 Å². The Morgan fingerprint density at radius 1 is 1.35 bits per heavy atom. The predicted octanol–water partition coefficient (Wildman–Crippen LogP) is 1.93. The van der Waals surface area contributed by atoms with Gasteiger partial charge in [-0.25, -0.2) is 9.59 Å². The molecular weight excluding hydrogens is 220 g/mol. The molecule has 0 spiro atoms. The summed E-state index contributed by atoms with van der Waals surface area (Å²) in [5.41, 5.74) is 0. The van der Waals surface area contributed by atoms with Gasteiger partial charge in [-0.1, -0.05) is 27.2 Å². The normalized spacial score (nSPS) is 12.3. The summed E-state index contributed by atoms with van der Waals surface area (Å²) in [4.78, 5) is 24.2. The van der Waals surface area contributed by atoms with E-state index in [9.17, 15) is 9.59 Å². The second-order valence-corrected chi connectivity index (χ2v) is 4.74. The van der Waals surface area contributed by atoms with Crippen LogP contribution in [0, 0.1) is 5.92 Å². The molecule has 0 bridgehead atoms. The van der Waals surface area contributed by atoms with E-state index in [0.29, 0.717) is 13.0 Å². The Labute approximate surface area is 103 Å². The van der Waals surface area contributed by atoms with Crippen molar-refractivity contribution in [2.24, 2.45) is 5.92 Å². The number of aliphatic carboxylic acids is 1. The Balaban J connectivity index is 4.25. The van der Waals surface area contributed by atoms with Crippen LogP contribution in [-0.4, -0.2) is 41.6 Å². The first-order chi connectivity index (χ1) is 7.88. The van der Waals surface area contributed by atoms with Crippen molar-refractivity contribution in [3.05, 3.63) is 0 Å². The first-order valence-electron chi connectivity index (χ1n) is 6.12. The molecule has 17 heavy (non-hydrogen) atoms. The van der Waals surface area contributed by atoms with E-state index in [1.807, 2.05) is 20.8 Å². The number of hydrogen-bond acceptors (Lipinski definition) is 2. The molecule has 0 aromatic rings. The van der Waals surface area contributed by atoms with Gasteiger partial charge in [-0.2, -0.15) is 0 Å². The molecule has 0 aliphatic rings. The number of amides is 2. The van der Waals surface area contributed by atoms with Crippen molar-refractivity contribution in [3.8, 4) is 0 Å². The van der Waals surface area contributed by atoms with Gasteiger partial charge in [0.05, 0.1) is 0 Å². The van der Waals surface area contributed by atoms with Crippen LogP contribution in [0.1, 0.15) is 40.0 Å². The summed E-state index contributed by atoms with van der Waals surface area (Å²) in [6, 6.07) is -1.11. The summed E-state index contributed by atoms with van der Waals surface area (Å²) >= 11 is 0. The molecule has 0 rings (SSSR count). The van der Waals surface area contributed by atoms with Crippen LogP contribution in [0.2, 0.25) is 0 Å². The third-order valence-electron chi connectivity index (χ3n) is 2.50. The van der Waals surface area contributed by atoms with Crippen LogP contribution in [-0.2, 0) is 4.79 Å². The summed E-state index contributed by atoms with van der Waals surface area (Å²) in [6.07, 6.45) is 2.38. The maximum atomic E-state index is 11.7. The molecule has 0 saturated carbocycles. The lowest BCUT2D eigenvalue weighted by Gasteiger charge is -2.22. The third kappa shape index (κ3) is 6.81. The highest BCUT2D eigenvalue weighted by molar-refractivity contribution is 5.82. The van der Waals surface area contributed by atoms with E-state index in [1.54, 1.807) is 7.05 Å². The maximum absolute atomic E-state index is 11.7. The van der Waals surface area contributed by atoms with E-state index in [0.717, 1.165) is 12.8 Å². The SMILES string of the molecule is CCCCN(C)C(=O)NC(CC(C)C)C(=O)O. The number of rotatable bonds is 7. The number of carboxylic acid groups (broad SMARTS) is 1. The number of hydrogen-bond donors (Lipinski definition) is 2. The first kappa shape index (κ1) is 15.7. The van der Waals surface area contributed by atoms with Gasteiger partial charge in [0.25, 0.3) is 0 Å². The summed E-state index contributed by atoms with van der Waals surface area (Å²) in [5.74, 6) is -0.742. The molecule has 5 heteroatoms. The van der Waals surface area contributed by atoms with Gasteiger partial charge in [0.2, 0.25) is 0 Å². The van der Waals surface area contributed by atoms with Gasteiger partial charge in [0, 0.05) is 13.6 Å². The molecule has 0 radical (unpaired) electrons. The smallest absolute Gasteiger partial charge is 0.326 e. The van der Waals surface area contributed by atoms with Gasteiger partial charge in [-0.3, -0.25) is 0 Å². The van der Waals surface area contributed by atoms with Crippen molar-refractivity contribution in [1.82, 2.24) is 10.2 Å². The molecule has 100 valence electrons. The van der Waals surface area contributed by atoms with Crippen LogP contribution in [0.4, 0.5) is 4.79 Å². The molecule has 2 N–H and O–H groups in total. The summed E-state index contributed by atoms with van der Waals surface area (Å²) in [6.45, 7) is 6.56. The van der Waals surface area contributed by atoms with Crippen molar-refractivity contribution in [1.29, 1.82) is 0 Å². The minimum Gasteiger partial charge on any atom is -0.480 e. The van der Waals surface area contributed by atoms with Crippen LogP contribution in [0.5, 0.6) is 0 Å². The highest BCUT2D eigenvalue weighted by atomic mass is 16.4. The van der Waals surface area contributed by atoms with Crippen LogP contribution in [0.3, 0.4) is 0 Å². The average Bonchev–Trinajstić information content (AvgIpc) is 2.23. The van der Waals surface area contributed by atoms with Crippen molar-refractivity contribution < 1.29 is 14.7 Å². The molecule has 0 heterocycles. The number of carbonyl (C=O) groups excluding carboxylic acids is 1. The molecule has 0 aliphatic carbocycles. The second-order valence-electron chi connectivity index (χ2n) is 4.74. The van der Waals surface area contributed by atoms with Gasteiger partial charge in [-0.15, -0.1) is 0 Å². The van der Waals surface area contributed by atoms with Crippen molar-refractivity contribution in [3.63, 3.8) is 0 Å². The van der Waals surface area contributed by atoms with E-state index >= 15 is 0 Å². The van der Waals surface area contributed by atoms with Crippen LogP contribution in [0.15, 0.2) is 0 Å². The molecule has 2 amide bonds. The van der Waals surface area contributed by atoms with Crippen molar-refractivity contribution in [2.45, 2.75) is 46.1 Å². The number of nitrogens with one attached hydrogen (secondary N) is 1. The van der Waals surface area contributed by atoms with Crippen LogP contribution < -0.4 is 5.32 Å². The lowest BCUT2D eigenvalue weighted by atomic mass is 10.0. The molecule has 0 aliphatic heterocycles. The molecule has 5 nitrogen and oxygen atoms in total. The van der Waals surface area contributed by atoms with Crippen LogP contribution in [0.25, 0.3) is 0 Å². The fraction of sp³-hybridized carbons (Fsp3) is 0.833. The van der Waals surface area contributed by atoms with E-state index in [1.165, 1.54) is 4.90 Å². The summed E-state index contributed by atoms with van der Waals surface area (Å²) in [7, 11) is 1.68. The molecular formula is C12H24N2O3. The Hall–Kier alpha value is -1.26. The lowest BCUT2D eigenvalue weighted by Crippen LogP contribution is -2.47. The minimum absolute atomic E-state index is 0.234. The van der Waals surface area contributed by atoms with Gasteiger partial charge >= 0.3 is 12.0 Å². The van der Waals surface area contributed by atoms with Gasteiger partial charge in [0.15, 0.2) is 0 Å². The highest BCUT2D eigenvalue weighted by Crippen LogP contribution is 2.05. The standard InChI is InChI=1S/C12H24N2O3/c1-5-6-7-14(4)12(17)13-10(11(15)16)8-9(2)3/h9-10H,5-8H2,1-4H3,(H,13,17)(H,15,16). The van der Waals surface area contributed by atoms with Gasteiger partial charge < -0.3 is 15.3 Å². The molecule has 0 saturated heterocycles. The van der Waals surface area contributed by atoms with E-state index in [2.05, 4.69) is 5.32 Å². The fourth-order valence-corrected chi connectivity index (χ4v) is 1.45. The largest absolute Gasteiger partial charge is 0.480 e. The van der Waals surface area contributed by atoms with E-state index in [4.69, 9.17) is 5.11 Å². The Bertz CT molecular complexity index is 254. The molecule has 0 fully saturated rings. The number of unbranched alkanes of at least 4 members (excludes halogenated alkanes) is 1. The number of urea groups is 1. The van der Waals surface area contributed by atoms with Gasteiger partial charge in [0.1, 0.15) is 6.04 Å². The minimum atomic E-state index is -0.976. The van der Waals surface area contributed by atoms with Crippen molar-refractivity contribution >= 4 is 12.0 Å². The van der Waals surface area contributed by atoms with E-state index < -0.39 is 12.0 Å². The Kier molecular flexibility index (Phi) is 7.34. The zero-order valence-electron chi connectivity index (χ0n) is 11.2. The Morgan fingerprint density at radius 2 is 1.94 bits per heavy atom. The van der Waals surface area contributed by atoms with Crippen molar-refractivity contribution in [2.75, 3.05) is 13.6 Å². The zero-order valence-corrected chi connectivity index (χ0v) is 11.2. The topological polar surface area (TPSA) is 69.6 Å². The Morgan fingerprint density at radius 3 is 2.35 bits per heavy atom. The fourth-order valence-electron chi connectivity index (χ4n) is 1.45. The monoisotopic (exact) mass is 244 g/mol. The number of nitrogens with zero attached hydrogens (tertiary/aromatic N) is 1.